The van der Waals surface area contributed by atoms with E-state index in [-0.39, 0.29) is 0 Å². The molecule has 31 heavy (non-hydrogen) atoms. The number of nitrogen functional groups attached to an aromatic ring is 1. The van der Waals surface area contributed by atoms with E-state index in [1.807, 2.05) is 18.3 Å². The van der Waals surface area contributed by atoms with Crippen LogP contribution in [0.2, 0.25) is 0 Å². The molecule has 2 fully saturated rings. The molecule has 5 rings (SSSR count). The van der Waals surface area contributed by atoms with Crippen LogP contribution in [0.3, 0.4) is 0 Å². The number of nitrogens with two attached hydrogens (primary N) is 1. The third-order valence-electron chi connectivity index (χ3n) is 6.86. The van der Waals surface area contributed by atoms with E-state index in [0.29, 0.717) is 18.1 Å². The lowest BCUT2D eigenvalue weighted by Crippen LogP contribution is -2.54. The second-order valence-corrected chi connectivity index (χ2v) is 9.10. The third-order valence-corrected chi connectivity index (χ3v) is 6.86. The fourth-order valence-electron chi connectivity index (χ4n) is 5.19. The predicted molar refractivity (Wildman–Crippen MR) is 131 cm³/mol. The van der Waals surface area contributed by atoms with Gasteiger partial charge in [0.15, 0.2) is 0 Å². The predicted octanol–water partition coefficient (Wildman–Crippen LogP) is 4.80. The van der Waals surface area contributed by atoms with Crippen LogP contribution in [-0.2, 0) is 0 Å². The Morgan fingerprint density at radius 2 is 1.65 bits per heavy atom. The van der Waals surface area contributed by atoms with Crippen LogP contribution in [0.4, 0.5) is 17.2 Å². The minimum atomic E-state index is 0.425. The molecular formula is C26H33N5. The van der Waals surface area contributed by atoms with Gasteiger partial charge in [-0.3, -0.25) is 0 Å². The van der Waals surface area contributed by atoms with Gasteiger partial charge in [-0.05, 0) is 61.4 Å². The van der Waals surface area contributed by atoms with Crippen molar-refractivity contribution in [1.29, 1.82) is 0 Å². The summed E-state index contributed by atoms with van der Waals surface area (Å²) in [6, 6.07) is 20.3. The summed E-state index contributed by atoms with van der Waals surface area (Å²) in [6.07, 6.45) is 9.45. The summed E-state index contributed by atoms with van der Waals surface area (Å²) in [5.41, 5.74) is 7.98. The van der Waals surface area contributed by atoms with Gasteiger partial charge < -0.3 is 21.3 Å². The van der Waals surface area contributed by atoms with Gasteiger partial charge in [-0.15, -0.1) is 0 Å². The Bertz CT molecular complexity index is 1000. The van der Waals surface area contributed by atoms with Gasteiger partial charge in [0.25, 0.3) is 0 Å². The Kier molecular flexibility index (Phi) is 5.94. The molecule has 1 aliphatic heterocycles. The zero-order chi connectivity index (χ0) is 21.0. The van der Waals surface area contributed by atoms with Crippen LogP contribution in [0.15, 0.2) is 60.8 Å². The van der Waals surface area contributed by atoms with E-state index in [0.717, 1.165) is 24.6 Å². The topological polar surface area (TPSA) is 66.2 Å². The van der Waals surface area contributed by atoms with E-state index in [1.54, 1.807) is 0 Å². The number of hydrogen-bond donors (Lipinski definition) is 3. The van der Waals surface area contributed by atoms with E-state index in [4.69, 9.17) is 5.73 Å². The van der Waals surface area contributed by atoms with Gasteiger partial charge in [0.2, 0.25) is 0 Å². The average Bonchev–Trinajstić information content (AvgIpc) is 2.81. The molecular weight excluding hydrogens is 382 g/mol. The summed E-state index contributed by atoms with van der Waals surface area (Å²) in [6.45, 7) is 2.18. The molecule has 162 valence electrons. The van der Waals surface area contributed by atoms with Crippen molar-refractivity contribution in [3.05, 3.63) is 60.8 Å². The molecule has 1 aromatic heterocycles. The average molecular weight is 416 g/mol. The molecule has 3 aromatic rings. The lowest BCUT2D eigenvalue weighted by atomic mass is 9.89. The van der Waals surface area contributed by atoms with Crippen molar-refractivity contribution in [3.63, 3.8) is 0 Å². The molecule has 2 aromatic carbocycles. The first kappa shape index (κ1) is 20.1. The van der Waals surface area contributed by atoms with Crippen molar-refractivity contribution >= 4 is 28.0 Å². The third kappa shape index (κ3) is 4.77. The molecule has 0 radical (unpaired) electrons. The number of pyridine rings is 1. The quantitative estimate of drug-likeness (QED) is 0.523. The summed E-state index contributed by atoms with van der Waals surface area (Å²) < 4.78 is 0. The zero-order valence-electron chi connectivity index (χ0n) is 18.1. The maximum absolute atomic E-state index is 5.87. The first-order valence-electron chi connectivity index (χ1n) is 11.7. The van der Waals surface area contributed by atoms with E-state index >= 15 is 0 Å². The van der Waals surface area contributed by atoms with Crippen molar-refractivity contribution in [2.75, 3.05) is 29.0 Å². The number of benzene rings is 2. The molecule has 0 spiro atoms. The van der Waals surface area contributed by atoms with Gasteiger partial charge >= 0.3 is 0 Å². The highest BCUT2D eigenvalue weighted by atomic mass is 15.2. The Morgan fingerprint density at radius 3 is 2.48 bits per heavy atom. The normalized spacial score (nSPS) is 24.3. The van der Waals surface area contributed by atoms with Crippen LogP contribution in [0, 0.1) is 0 Å². The van der Waals surface area contributed by atoms with Gasteiger partial charge in [-0.2, -0.15) is 0 Å². The molecule has 2 aliphatic rings. The molecule has 3 atom stereocenters. The Morgan fingerprint density at radius 1 is 0.871 bits per heavy atom. The van der Waals surface area contributed by atoms with Crippen molar-refractivity contribution in [2.45, 2.75) is 56.7 Å². The minimum absolute atomic E-state index is 0.425. The summed E-state index contributed by atoms with van der Waals surface area (Å²) in [4.78, 5) is 7.18. The summed E-state index contributed by atoms with van der Waals surface area (Å²) >= 11 is 0. The minimum Gasteiger partial charge on any atom is -0.399 e. The van der Waals surface area contributed by atoms with Crippen LogP contribution < -0.4 is 21.3 Å². The van der Waals surface area contributed by atoms with E-state index in [9.17, 15) is 0 Å². The number of rotatable bonds is 5. The second kappa shape index (κ2) is 9.15. The summed E-state index contributed by atoms with van der Waals surface area (Å²) in [5.74, 6) is 0.990. The van der Waals surface area contributed by atoms with Crippen molar-refractivity contribution in [3.8, 4) is 0 Å². The maximum atomic E-state index is 5.87. The molecule has 0 bridgehead atoms. The molecule has 5 heteroatoms. The second-order valence-electron chi connectivity index (χ2n) is 9.10. The van der Waals surface area contributed by atoms with Crippen LogP contribution >= 0.6 is 0 Å². The first-order valence-corrected chi connectivity index (χ1v) is 11.7. The van der Waals surface area contributed by atoms with Crippen LogP contribution in [0.5, 0.6) is 0 Å². The van der Waals surface area contributed by atoms with Gasteiger partial charge in [0.05, 0.1) is 0 Å². The van der Waals surface area contributed by atoms with Gasteiger partial charge in [0, 0.05) is 54.2 Å². The molecule has 1 aliphatic carbocycles. The first-order chi connectivity index (χ1) is 15.2. The largest absolute Gasteiger partial charge is 0.399 e. The van der Waals surface area contributed by atoms with Crippen LogP contribution in [0.1, 0.15) is 38.5 Å². The fourth-order valence-corrected chi connectivity index (χ4v) is 5.19. The molecule has 1 saturated heterocycles. The standard InChI is InChI=1S/C26H33N5/c27-21-11-13-23(14-12-21)31-15-5-8-22(18-31)29-24-9-3-4-10-25(24)30-26-16-19-6-1-2-7-20(19)17-28-26/h1-2,6-7,11-14,16-17,22,24-25,29H,3-5,8-10,15,18,27H2,(H,28,30)/t22-,24+,25+/m0/s1. The molecule has 0 amide bonds. The van der Waals surface area contributed by atoms with E-state index in [2.05, 4.69) is 63.0 Å². The number of piperidine rings is 1. The SMILES string of the molecule is Nc1ccc(N2CCC[C@H](N[C@@H]3CCCC[C@H]3Nc3cc4ccccc4cn3)C2)cc1. The van der Waals surface area contributed by atoms with Gasteiger partial charge in [-0.1, -0.05) is 37.1 Å². The number of nitrogens with zero attached hydrogens (tertiary/aromatic N) is 2. The fraction of sp³-hybridized carbons (Fsp3) is 0.423. The number of nitrogens with one attached hydrogen (secondary N) is 2. The Hall–Kier alpha value is -2.79. The Balaban J connectivity index is 1.25. The molecule has 2 heterocycles. The highest BCUT2D eigenvalue weighted by Crippen LogP contribution is 2.26. The highest BCUT2D eigenvalue weighted by Gasteiger charge is 2.29. The van der Waals surface area contributed by atoms with E-state index in [1.165, 1.54) is 55.0 Å². The van der Waals surface area contributed by atoms with Crippen molar-refractivity contribution < 1.29 is 0 Å². The van der Waals surface area contributed by atoms with Crippen LogP contribution in [-0.4, -0.2) is 36.2 Å². The van der Waals surface area contributed by atoms with E-state index < -0.39 is 0 Å². The molecule has 4 N–H and O–H groups in total. The number of anilines is 3. The Labute approximate surface area is 185 Å². The number of hydrogen-bond acceptors (Lipinski definition) is 5. The van der Waals surface area contributed by atoms with Crippen molar-refractivity contribution in [2.24, 2.45) is 0 Å². The maximum Gasteiger partial charge on any atom is 0.126 e. The van der Waals surface area contributed by atoms with Gasteiger partial charge in [0.1, 0.15) is 5.82 Å². The smallest absolute Gasteiger partial charge is 0.126 e. The lowest BCUT2D eigenvalue weighted by Gasteiger charge is -2.40. The highest BCUT2D eigenvalue weighted by molar-refractivity contribution is 5.83. The lowest BCUT2D eigenvalue weighted by molar-refractivity contribution is 0.293. The monoisotopic (exact) mass is 415 g/mol. The summed E-state index contributed by atoms with van der Waals surface area (Å²) in [7, 11) is 0. The molecule has 0 unspecified atom stereocenters. The van der Waals surface area contributed by atoms with Crippen molar-refractivity contribution in [1.82, 2.24) is 10.3 Å². The van der Waals surface area contributed by atoms with Gasteiger partial charge in [-0.25, -0.2) is 4.98 Å². The summed E-state index contributed by atoms with van der Waals surface area (Å²) in [5, 5.41) is 10.2. The number of aromatic nitrogens is 1. The molecule has 5 nitrogen and oxygen atoms in total. The molecule has 1 saturated carbocycles. The number of fused-ring (bicyclic) bond motifs is 1. The van der Waals surface area contributed by atoms with Crippen LogP contribution in [0.25, 0.3) is 10.8 Å². The zero-order valence-corrected chi connectivity index (χ0v) is 18.1.